The van der Waals surface area contributed by atoms with E-state index in [1.165, 1.54) is 18.2 Å². The average Bonchev–Trinajstić information content (AvgIpc) is 3.34. The number of benzene rings is 1. The summed E-state index contributed by atoms with van der Waals surface area (Å²) in [5, 5.41) is 17.8. The van der Waals surface area contributed by atoms with Gasteiger partial charge in [-0.15, -0.1) is 0 Å². The molecule has 12 nitrogen and oxygen atoms in total. The summed E-state index contributed by atoms with van der Waals surface area (Å²) in [6.07, 6.45) is 3.58. The van der Waals surface area contributed by atoms with Gasteiger partial charge in [-0.05, 0) is 52.7 Å². The van der Waals surface area contributed by atoms with E-state index in [1.807, 2.05) is 6.92 Å². The van der Waals surface area contributed by atoms with Gasteiger partial charge < -0.3 is 4.74 Å². The van der Waals surface area contributed by atoms with Crippen molar-refractivity contribution in [2.75, 3.05) is 19.5 Å². The SMILES string of the molecule is CB(O)/N=C(/NCB=O)NC/C=C\c1ccc(C(=O)NCC(NS(=O)(=O)c2c(C)cc(C)cc2C)C(=O)OC(C)(C)C)s1. The van der Waals surface area contributed by atoms with Crippen LogP contribution in [-0.4, -0.2) is 76.7 Å². The van der Waals surface area contributed by atoms with Crippen LogP contribution in [0.3, 0.4) is 0 Å². The van der Waals surface area contributed by atoms with Gasteiger partial charge in [-0.1, -0.05) is 17.7 Å². The number of guanidine groups is 1. The molecule has 0 aliphatic heterocycles. The van der Waals surface area contributed by atoms with Crippen molar-refractivity contribution in [2.24, 2.45) is 4.90 Å². The van der Waals surface area contributed by atoms with Crippen molar-refractivity contribution < 1.29 is 32.5 Å². The van der Waals surface area contributed by atoms with Gasteiger partial charge in [0.05, 0.1) is 4.90 Å². The summed E-state index contributed by atoms with van der Waals surface area (Å²) >= 11 is 1.20. The Morgan fingerprint density at radius 3 is 2.37 bits per heavy atom. The van der Waals surface area contributed by atoms with Crippen molar-refractivity contribution in [1.29, 1.82) is 0 Å². The number of amides is 1. The molecule has 1 aromatic heterocycles. The molecule has 43 heavy (non-hydrogen) atoms. The van der Waals surface area contributed by atoms with Gasteiger partial charge in [0.15, 0.2) is 0 Å². The first-order valence-electron chi connectivity index (χ1n) is 13.6. The molecular weight excluding hydrogens is 592 g/mol. The Kier molecular flexibility index (Phi) is 13.3. The monoisotopic (exact) mass is 631 g/mol. The average molecular weight is 631 g/mol. The molecular formula is C27H39B2N5O7S2. The molecule has 232 valence electrons. The molecule has 1 atom stereocenters. The zero-order valence-corrected chi connectivity index (χ0v) is 27.1. The van der Waals surface area contributed by atoms with Gasteiger partial charge in [-0.3, -0.25) is 4.79 Å². The predicted molar refractivity (Wildman–Crippen MR) is 170 cm³/mol. The third kappa shape index (κ3) is 12.1. The summed E-state index contributed by atoms with van der Waals surface area (Å²) in [5.41, 5.74) is 1.11. The van der Waals surface area contributed by atoms with Crippen molar-refractivity contribution in [1.82, 2.24) is 20.7 Å². The zero-order valence-electron chi connectivity index (χ0n) is 25.5. The van der Waals surface area contributed by atoms with Crippen LogP contribution in [-0.2, 0) is 24.3 Å². The van der Waals surface area contributed by atoms with E-state index < -0.39 is 40.6 Å². The number of ether oxygens (including phenoxy) is 1. The molecule has 0 saturated heterocycles. The minimum atomic E-state index is -4.14. The van der Waals surface area contributed by atoms with Crippen LogP contribution in [0.25, 0.3) is 6.08 Å². The number of hydrogen-bond donors (Lipinski definition) is 5. The standard InChI is InChI=1S/C27H39B2N5O7S2/c1-17-13-18(2)23(19(3)14-17)43(39,40)34-21(25(36)41-27(4,5)6)15-31-24(35)22-11-10-20(42-22)9-8-12-30-26(32-16-28-37)33-29(7)38/h8-11,13-14,21,34,38H,12,15-16H2,1-7H3,(H,31,35)(H2,30,32,33)/b9-8-. The van der Waals surface area contributed by atoms with Crippen LogP contribution in [0, 0.1) is 20.8 Å². The number of nitrogens with one attached hydrogen (secondary N) is 4. The first-order valence-corrected chi connectivity index (χ1v) is 15.9. The first kappa shape index (κ1) is 35.9. The van der Waals surface area contributed by atoms with Crippen LogP contribution >= 0.6 is 11.3 Å². The van der Waals surface area contributed by atoms with E-state index in [9.17, 15) is 27.7 Å². The third-order valence-electron chi connectivity index (χ3n) is 5.52. The Labute approximate surface area is 258 Å². The Bertz CT molecular complexity index is 1450. The summed E-state index contributed by atoms with van der Waals surface area (Å²) in [6, 6.07) is 5.48. The number of thiophene rings is 1. The number of sulfonamides is 1. The number of hydrogen-bond acceptors (Lipinski definition) is 9. The fourth-order valence-corrected chi connectivity index (χ4v) is 6.53. The molecule has 0 fully saturated rings. The van der Waals surface area contributed by atoms with Crippen molar-refractivity contribution in [2.45, 2.75) is 64.9 Å². The summed E-state index contributed by atoms with van der Waals surface area (Å²) in [7, 11) is -4.42. The fourth-order valence-electron chi connectivity index (χ4n) is 4.04. The van der Waals surface area contributed by atoms with E-state index in [0.717, 1.165) is 10.4 Å². The first-order chi connectivity index (χ1) is 20.0. The van der Waals surface area contributed by atoms with Gasteiger partial charge in [0, 0.05) is 6.54 Å². The second-order valence-electron chi connectivity index (χ2n) is 10.8. The topological polar surface area (TPSA) is 175 Å². The number of carbonyl (C=O) groups excluding carboxylic acids is 2. The third-order valence-corrected chi connectivity index (χ3v) is 8.34. The van der Waals surface area contributed by atoms with Gasteiger partial charge in [0.1, 0.15) is 11.6 Å². The Balaban J connectivity index is 2.12. The number of rotatable bonds is 13. The molecule has 2 aromatic rings. The molecule has 0 radical (unpaired) electrons. The number of aryl methyl sites for hydroxylation is 3. The Morgan fingerprint density at radius 1 is 1.14 bits per heavy atom. The molecule has 1 aromatic carbocycles. The molecule has 16 heteroatoms. The van der Waals surface area contributed by atoms with Crippen molar-refractivity contribution >= 4 is 59.5 Å². The summed E-state index contributed by atoms with van der Waals surface area (Å²) in [6.45, 7) is 11.7. The molecule has 0 spiro atoms. The molecule has 0 bridgehead atoms. The van der Waals surface area contributed by atoms with Crippen LogP contribution in [0.4, 0.5) is 0 Å². The van der Waals surface area contributed by atoms with Crippen LogP contribution in [0.15, 0.2) is 40.1 Å². The molecule has 0 saturated carbocycles. The number of esters is 1. The summed E-state index contributed by atoms with van der Waals surface area (Å²) < 4.78 is 45.2. The van der Waals surface area contributed by atoms with Gasteiger partial charge >= 0.3 is 133 Å². The van der Waals surface area contributed by atoms with E-state index in [4.69, 9.17) is 4.74 Å². The van der Waals surface area contributed by atoms with E-state index in [2.05, 4.69) is 25.6 Å². The minimum absolute atomic E-state index is 0.0349. The van der Waals surface area contributed by atoms with E-state index in [1.54, 1.807) is 71.0 Å². The van der Waals surface area contributed by atoms with Gasteiger partial charge in [-0.2, -0.15) is 4.72 Å². The van der Waals surface area contributed by atoms with Gasteiger partial charge in [0.2, 0.25) is 10.0 Å². The molecule has 1 amide bonds. The van der Waals surface area contributed by atoms with Crippen LogP contribution in [0.2, 0.25) is 6.82 Å². The Morgan fingerprint density at radius 2 is 1.79 bits per heavy atom. The van der Waals surface area contributed by atoms with Crippen LogP contribution in [0.5, 0.6) is 0 Å². The maximum absolute atomic E-state index is 13.4. The maximum atomic E-state index is 13.4. The molecule has 1 heterocycles. The van der Waals surface area contributed by atoms with E-state index >= 15 is 0 Å². The van der Waals surface area contributed by atoms with Crippen molar-refractivity contribution in [3.05, 3.63) is 56.8 Å². The second kappa shape index (κ2) is 15.9. The number of carbonyl (C=O) groups is 2. The molecule has 2 rings (SSSR count). The molecule has 5 N–H and O–H groups in total. The van der Waals surface area contributed by atoms with Gasteiger partial charge in [0.25, 0.3) is 0 Å². The zero-order chi connectivity index (χ0) is 32.4. The normalized spacial score (nSPS) is 12.9. The second-order valence-corrected chi connectivity index (χ2v) is 13.6. The fraction of sp³-hybridized carbons (Fsp3) is 0.444. The van der Waals surface area contributed by atoms with E-state index in [-0.39, 0.29) is 23.8 Å². The van der Waals surface area contributed by atoms with Crippen LogP contribution < -0.4 is 20.7 Å². The molecule has 1 unspecified atom stereocenters. The summed E-state index contributed by atoms with van der Waals surface area (Å²) in [4.78, 5) is 31.1. The van der Waals surface area contributed by atoms with Crippen molar-refractivity contribution in [3.8, 4) is 0 Å². The predicted octanol–water partition coefficient (Wildman–Crippen LogP) is 1.76. The van der Waals surface area contributed by atoms with Gasteiger partial charge in [-0.25, -0.2) is 8.42 Å². The molecule has 0 aliphatic rings. The quantitative estimate of drug-likeness (QED) is 0.0955. The molecule has 0 aliphatic carbocycles. The van der Waals surface area contributed by atoms with Crippen molar-refractivity contribution in [3.63, 3.8) is 0 Å². The number of nitrogens with zero attached hydrogens (tertiary/aromatic N) is 1. The Hall–Kier alpha value is -3.33. The van der Waals surface area contributed by atoms with Crippen LogP contribution in [0.1, 0.15) is 52.0 Å². The summed E-state index contributed by atoms with van der Waals surface area (Å²) in [5.74, 6) is -1.04. The van der Waals surface area contributed by atoms with E-state index in [0.29, 0.717) is 29.7 Å².